The number of aromatic nitrogens is 2. The van der Waals surface area contributed by atoms with Crippen LogP contribution in [0.1, 0.15) is 16.3 Å². The number of imidazole rings is 1. The molecule has 0 radical (unpaired) electrons. The molecular weight excluding hydrogens is 216 g/mol. The average Bonchev–Trinajstić information content (AvgIpc) is 2.65. The SMILES string of the molecule is COc1ccc(-c2c(C=O)nc(C)n2C)cc1. The van der Waals surface area contributed by atoms with Gasteiger partial charge in [-0.25, -0.2) is 4.98 Å². The molecule has 0 amide bonds. The van der Waals surface area contributed by atoms with Gasteiger partial charge in [0.25, 0.3) is 0 Å². The summed E-state index contributed by atoms with van der Waals surface area (Å²) in [4.78, 5) is 15.2. The monoisotopic (exact) mass is 230 g/mol. The second-order valence-electron chi connectivity index (χ2n) is 3.80. The van der Waals surface area contributed by atoms with Crippen molar-refractivity contribution in [3.63, 3.8) is 0 Å². The van der Waals surface area contributed by atoms with Crippen LogP contribution in [0.2, 0.25) is 0 Å². The highest BCUT2D eigenvalue weighted by Gasteiger charge is 2.13. The summed E-state index contributed by atoms with van der Waals surface area (Å²) in [5.74, 6) is 1.61. The number of hydrogen-bond donors (Lipinski definition) is 0. The summed E-state index contributed by atoms with van der Waals surface area (Å²) in [6.45, 7) is 1.88. The predicted molar refractivity (Wildman–Crippen MR) is 65.3 cm³/mol. The molecule has 0 aliphatic heterocycles. The van der Waals surface area contributed by atoms with E-state index in [0.717, 1.165) is 29.1 Å². The average molecular weight is 230 g/mol. The molecule has 4 heteroatoms. The van der Waals surface area contributed by atoms with Crippen LogP contribution in [0, 0.1) is 6.92 Å². The lowest BCUT2D eigenvalue weighted by molar-refractivity contribution is 0.112. The molecule has 0 saturated heterocycles. The quantitative estimate of drug-likeness (QED) is 0.759. The minimum atomic E-state index is 0.468. The lowest BCUT2D eigenvalue weighted by Crippen LogP contribution is -1.95. The first-order valence-corrected chi connectivity index (χ1v) is 5.30. The molecule has 0 saturated carbocycles. The van der Waals surface area contributed by atoms with Gasteiger partial charge in [0.2, 0.25) is 0 Å². The van der Waals surface area contributed by atoms with Crippen molar-refractivity contribution in [1.29, 1.82) is 0 Å². The molecule has 1 aromatic carbocycles. The summed E-state index contributed by atoms with van der Waals surface area (Å²) in [7, 11) is 3.52. The molecule has 17 heavy (non-hydrogen) atoms. The van der Waals surface area contributed by atoms with Crippen LogP contribution in [-0.2, 0) is 7.05 Å². The van der Waals surface area contributed by atoms with E-state index in [1.165, 1.54) is 0 Å². The summed E-state index contributed by atoms with van der Waals surface area (Å²) in [6, 6.07) is 7.57. The van der Waals surface area contributed by atoms with Gasteiger partial charge in [-0.1, -0.05) is 0 Å². The summed E-state index contributed by atoms with van der Waals surface area (Å²) >= 11 is 0. The van der Waals surface area contributed by atoms with Crippen molar-refractivity contribution in [2.75, 3.05) is 7.11 Å². The van der Waals surface area contributed by atoms with Crippen LogP contribution < -0.4 is 4.74 Å². The molecule has 1 aromatic heterocycles. The molecule has 0 aliphatic carbocycles. The Morgan fingerprint density at radius 2 is 1.94 bits per heavy atom. The van der Waals surface area contributed by atoms with E-state index in [2.05, 4.69) is 4.98 Å². The fourth-order valence-electron chi connectivity index (χ4n) is 1.81. The number of benzene rings is 1. The highest BCUT2D eigenvalue weighted by Crippen LogP contribution is 2.25. The van der Waals surface area contributed by atoms with Crippen molar-refractivity contribution >= 4 is 6.29 Å². The molecular formula is C13H14N2O2. The van der Waals surface area contributed by atoms with Gasteiger partial charge in [0.05, 0.1) is 12.8 Å². The molecule has 88 valence electrons. The van der Waals surface area contributed by atoms with Crippen molar-refractivity contribution in [3.8, 4) is 17.0 Å². The van der Waals surface area contributed by atoms with Crippen molar-refractivity contribution in [2.24, 2.45) is 7.05 Å². The topological polar surface area (TPSA) is 44.1 Å². The first-order valence-electron chi connectivity index (χ1n) is 5.30. The van der Waals surface area contributed by atoms with Crippen molar-refractivity contribution < 1.29 is 9.53 Å². The van der Waals surface area contributed by atoms with Crippen LogP contribution >= 0.6 is 0 Å². The zero-order valence-electron chi connectivity index (χ0n) is 10.1. The summed E-state index contributed by atoms with van der Waals surface area (Å²) < 4.78 is 7.01. The fourth-order valence-corrected chi connectivity index (χ4v) is 1.81. The summed E-state index contributed by atoms with van der Waals surface area (Å²) in [6.07, 6.45) is 0.784. The zero-order valence-corrected chi connectivity index (χ0v) is 10.1. The van der Waals surface area contributed by atoms with E-state index in [1.807, 2.05) is 42.8 Å². The Labute approximate surface area is 99.9 Å². The van der Waals surface area contributed by atoms with Gasteiger partial charge in [-0.2, -0.15) is 0 Å². The minimum Gasteiger partial charge on any atom is -0.497 e. The second kappa shape index (κ2) is 4.41. The maximum Gasteiger partial charge on any atom is 0.170 e. The Balaban J connectivity index is 2.55. The first-order chi connectivity index (χ1) is 8.17. The van der Waals surface area contributed by atoms with Gasteiger partial charge in [-0.15, -0.1) is 0 Å². The molecule has 2 rings (SSSR count). The summed E-state index contributed by atoms with van der Waals surface area (Å²) in [5, 5.41) is 0. The number of aldehydes is 1. The number of hydrogen-bond acceptors (Lipinski definition) is 3. The maximum absolute atomic E-state index is 11.0. The number of aryl methyl sites for hydroxylation is 1. The molecule has 0 atom stereocenters. The van der Waals surface area contributed by atoms with Crippen LogP contribution in [0.3, 0.4) is 0 Å². The number of ether oxygens (including phenoxy) is 1. The van der Waals surface area contributed by atoms with E-state index in [-0.39, 0.29) is 0 Å². The van der Waals surface area contributed by atoms with Crippen LogP contribution in [0.5, 0.6) is 5.75 Å². The Kier molecular flexibility index (Phi) is 2.95. The first kappa shape index (κ1) is 11.4. The molecule has 0 fully saturated rings. The number of carbonyl (C=O) groups is 1. The third kappa shape index (κ3) is 1.93. The largest absolute Gasteiger partial charge is 0.497 e. The Morgan fingerprint density at radius 3 is 2.47 bits per heavy atom. The molecule has 1 heterocycles. The lowest BCUT2D eigenvalue weighted by atomic mass is 10.1. The predicted octanol–water partition coefficient (Wildman–Crippen LogP) is 2.22. The van der Waals surface area contributed by atoms with Crippen LogP contribution in [0.15, 0.2) is 24.3 Å². The molecule has 0 N–H and O–H groups in total. The Morgan fingerprint density at radius 1 is 1.29 bits per heavy atom. The van der Waals surface area contributed by atoms with E-state index in [0.29, 0.717) is 5.69 Å². The van der Waals surface area contributed by atoms with E-state index >= 15 is 0 Å². The van der Waals surface area contributed by atoms with Crippen LogP contribution in [-0.4, -0.2) is 22.9 Å². The fraction of sp³-hybridized carbons (Fsp3) is 0.231. The van der Waals surface area contributed by atoms with Gasteiger partial charge in [0.15, 0.2) is 6.29 Å². The number of methoxy groups -OCH3 is 1. The molecule has 0 spiro atoms. The molecule has 0 unspecified atom stereocenters. The third-order valence-electron chi connectivity index (χ3n) is 2.82. The molecule has 2 aromatic rings. The van der Waals surface area contributed by atoms with Gasteiger partial charge < -0.3 is 9.30 Å². The van der Waals surface area contributed by atoms with Crippen molar-refractivity contribution in [3.05, 3.63) is 35.8 Å². The number of rotatable bonds is 3. The highest BCUT2D eigenvalue weighted by atomic mass is 16.5. The van der Waals surface area contributed by atoms with Crippen molar-refractivity contribution in [2.45, 2.75) is 6.92 Å². The maximum atomic E-state index is 11.0. The minimum absolute atomic E-state index is 0.468. The smallest absolute Gasteiger partial charge is 0.170 e. The Bertz CT molecular complexity index is 541. The van der Waals surface area contributed by atoms with Gasteiger partial charge in [0, 0.05) is 12.6 Å². The van der Waals surface area contributed by atoms with Gasteiger partial charge in [-0.3, -0.25) is 4.79 Å². The third-order valence-corrected chi connectivity index (χ3v) is 2.82. The van der Waals surface area contributed by atoms with Gasteiger partial charge in [-0.05, 0) is 31.2 Å². The zero-order chi connectivity index (χ0) is 12.4. The van der Waals surface area contributed by atoms with E-state index in [4.69, 9.17) is 4.74 Å². The number of nitrogens with zero attached hydrogens (tertiary/aromatic N) is 2. The van der Waals surface area contributed by atoms with Gasteiger partial charge >= 0.3 is 0 Å². The highest BCUT2D eigenvalue weighted by molar-refractivity contribution is 5.84. The molecule has 0 bridgehead atoms. The van der Waals surface area contributed by atoms with Crippen LogP contribution in [0.25, 0.3) is 11.3 Å². The molecule has 0 aliphatic rings. The number of carbonyl (C=O) groups excluding carboxylic acids is 1. The van der Waals surface area contributed by atoms with E-state index < -0.39 is 0 Å². The standard InChI is InChI=1S/C13H14N2O2/c1-9-14-12(8-16)13(15(9)2)10-4-6-11(17-3)7-5-10/h4-8H,1-3H3. The second-order valence-corrected chi connectivity index (χ2v) is 3.80. The summed E-state index contributed by atoms with van der Waals surface area (Å²) in [5.41, 5.74) is 2.26. The lowest BCUT2D eigenvalue weighted by Gasteiger charge is -2.06. The molecule has 4 nitrogen and oxygen atoms in total. The van der Waals surface area contributed by atoms with E-state index in [9.17, 15) is 4.79 Å². The normalized spacial score (nSPS) is 10.3. The van der Waals surface area contributed by atoms with Crippen LogP contribution in [0.4, 0.5) is 0 Å². The van der Waals surface area contributed by atoms with Crippen molar-refractivity contribution in [1.82, 2.24) is 9.55 Å². The van der Waals surface area contributed by atoms with E-state index in [1.54, 1.807) is 7.11 Å². The van der Waals surface area contributed by atoms with Gasteiger partial charge in [0.1, 0.15) is 17.3 Å². The Hall–Kier alpha value is -2.10.